The van der Waals surface area contributed by atoms with E-state index in [0.717, 1.165) is 5.56 Å². The maximum absolute atomic E-state index is 12.8. The Labute approximate surface area is 181 Å². The topological polar surface area (TPSA) is 82.1 Å². The third kappa shape index (κ3) is 5.51. The van der Waals surface area contributed by atoms with Gasteiger partial charge >= 0.3 is 5.97 Å². The first-order chi connectivity index (χ1) is 14.3. The van der Waals surface area contributed by atoms with Crippen LogP contribution >= 0.6 is 11.6 Å². The van der Waals surface area contributed by atoms with Crippen molar-refractivity contribution in [3.05, 3.63) is 58.6 Å². The molecular formula is C21H24ClNO6S. The van der Waals surface area contributed by atoms with Gasteiger partial charge in [-0.15, -0.1) is 0 Å². The van der Waals surface area contributed by atoms with E-state index in [1.54, 1.807) is 37.3 Å². The minimum Gasteiger partial charge on any atom is -0.479 e. The number of hydrogen-bond acceptors (Lipinski definition) is 6. The van der Waals surface area contributed by atoms with Crippen LogP contribution in [0.4, 0.5) is 0 Å². The molecule has 2 aromatic carbocycles. The van der Waals surface area contributed by atoms with E-state index < -0.39 is 22.1 Å². The largest absolute Gasteiger partial charge is 0.479 e. The summed E-state index contributed by atoms with van der Waals surface area (Å²) in [6.07, 6.45) is -0.829. The van der Waals surface area contributed by atoms with Crippen LogP contribution in [0.5, 0.6) is 5.75 Å². The molecule has 0 aromatic heterocycles. The van der Waals surface area contributed by atoms with Gasteiger partial charge in [0, 0.05) is 18.1 Å². The van der Waals surface area contributed by atoms with Crippen molar-refractivity contribution in [1.29, 1.82) is 0 Å². The summed E-state index contributed by atoms with van der Waals surface area (Å²) in [7, 11) is -3.61. The van der Waals surface area contributed by atoms with E-state index >= 15 is 0 Å². The molecule has 0 spiro atoms. The van der Waals surface area contributed by atoms with Crippen molar-refractivity contribution in [1.82, 2.24) is 4.31 Å². The number of aryl methyl sites for hydroxylation is 1. The van der Waals surface area contributed by atoms with E-state index in [1.807, 2.05) is 6.92 Å². The lowest BCUT2D eigenvalue weighted by Crippen LogP contribution is -2.40. The van der Waals surface area contributed by atoms with Crippen LogP contribution in [0.1, 0.15) is 18.1 Å². The second-order valence-corrected chi connectivity index (χ2v) is 9.32. The fraction of sp³-hybridized carbons (Fsp3) is 0.381. The van der Waals surface area contributed by atoms with Crippen LogP contribution in [0, 0.1) is 6.92 Å². The van der Waals surface area contributed by atoms with Gasteiger partial charge in [0.05, 0.1) is 18.1 Å². The maximum atomic E-state index is 12.8. The Kier molecular flexibility index (Phi) is 7.36. The minimum atomic E-state index is -3.61. The summed E-state index contributed by atoms with van der Waals surface area (Å²) in [6.45, 7) is 4.76. The monoisotopic (exact) mass is 453 g/mol. The van der Waals surface area contributed by atoms with Crippen molar-refractivity contribution in [3.63, 3.8) is 0 Å². The van der Waals surface area contributed by atoms with Crippen LogP contribution in [-0.2, 0) is 30.9 Å². The Morgan fingerprint density at radius 1 is 1.20 bits per heavy atom. The van der Waals surface area contributed by atoms with E-state index in [2.05, 4.69) is 0 Å². The van der Waals surface area contributed by atoms with Crippen LogP contribution < -0.4 is 4.74 Å². The third-order valence-electron chi connectivity index (χ3n) is 4.66. The number of benzene rings is 2. The van der Waals surface area contributed by atoms with Gasteiger partial charge in [-0.1, -0.05) is 23.7 Å². The van der Waals surface area contributed by atoms with E-state index in [9.17, 15) is 13.2 Å². The van der Waals surface area contributed by atoms with Crippen molar-refractivity contribution in [2.45, 2.75) is 31.5 Å². The SMILES string of the molecule is Cc1cc(Cl)ccc1O[C@@H](C)C(=O)OCc1cccc(S(=O)(=O)N2CCOCC2)c1. The van der Waals surface area contributed by atoms with E-state index in [0.29, 0.717) is 42.6 Å². The highest BCUT2D eigenvalue weighted by Gasteiger charge is 2.26. The molecule has 30 heavy (non-hydrogen) atoms. The van der Waals surface area contributed by atoms with Crippen molar-refractivity contribution in [2.75, 3.05) is 26.3 Å². The average molecular weight is 454 g/mol. The van der Waals surface area contributed by atoms with Gasteiger partial charge in [0.2, 0.25) is 10.0 Å². The molecular weight excluding hydrogens is 430 g/mol. The molecule has 7 nitrogen and oxygen atoms in total. The molecule has 0 aliphatic carbocycles. The van der Waals surface area contributed by atoms with E-state index in [4.69, 9.17) is 25.8 Å². The van der Waals surface area contributed by atoms with Crippen LogP contribution in [0.2, 0.25) is 5.02 Å². The summed E-state index contributed by atoms with van der Waals surface area (Å²) < 4.78 is 43.1. The zero-order chi connectivity index (χ0) is 21.7. The molecule has 1 heterocycles. The fourth-order valence-electron chi connectivity index (χ4n) is 2.99. The molecule has 2 aromatic rings. The highest BCUT2D eigenvalue weighted by Crippen LogP contribution is 2.23. The zero-order valence-electron chi connectivity index (χ0n) is 16.8. The number of hydrogen-bond donors (Lipinski definition) is 0. The van der Waals surface area contributed by atoms with Gasteiger partial charge in [-0.05, 0) is 55.3 Å². The molecule has 1 fully saturated rings. The first-order valence-electron chi connectivity index (χ1n) is 9.53. The standard InChI is InChI=1S/C21H24ClNO6S/c1-15-12-18(22)6-7-20(15)29-16(2)21(24)28-14-17-4-3-5-19(13-17)30(25,26)23-8-10-27-11-9-23/h3-7,12-13,16H,8-11,14H2,1-2H3/t16-/m0/s1. The predicted octanol–water partition coefficient (Wildman–Crippen LogP) is 3.18. The minimum absolute atomic E-state index is 0.0569. The lowest BCUT2D eigenvalue weighted by molar-refractivity contribution is -0.152. The van der Waals surface area contributed by atoms with Crippen molar-refractivity contribution < 1.29 is 27.4 Å². The average Bonchev–Trinajstić information content (AvgIpc) is 2.74. The van der Waals surface area contributed by atoms with Crippen molar-refractivity contribution >= 4 is 27.6 Å². The number of rotatable bonds is 7. The number of morpholine rings is 1. The van der Waals surface area contributed by atoms with E-state index in [1.165, 1.54) is 16.4 Å². The molecule has 0 radical (unpaired) electrons. The smallest absolute Gasteiger partial charge is 0.347 e. The molecule has 0 N–H and O–H groups in total. The van der Waals surface area contributed by atoms with Crippen molar-refractivity contribution in [3.8, 4) is 5.75 Å². The number of nitrogens with zero attached hydrogens (tertiary/aromatic N) is 1. The van der Waals surface area contributed by atoms with Crippen LogP contribution in [-0.4, -0.2) is 51.1 Å². The second kappa shape index (κ2) is 9.78. The molecule has 0 amide bonds. The normalized spacial score (nSPS) is 16.1. The quantitative estimate of drug-likeness (QED) is 0.599. The first-order valence-corrected chi connectivity index (χ1v) is 11.4. The molecule has 9 heteroatoms. The van der Waals surface area contributed by atoms with Gasteiger partial charge in [-0.25, -0.2) is 13.2 Å². The Hall–Kier alpha value is -2.13. The predicted molar refractivity (Wildman–Crippen MR) is 112 cm³/mol. The Bertz CT molecular complexity index is 1000. The van der Waals surface area contributed by atoms with Gasteiger partial charge in [0.25, 0.3) is 0 Å². The first kappa shape index (κ1) is 22.6. The summed E-state index contributed by atoms with van der Waals surface area (Å²) in [5.41, 5.74) is 1.38. The molecule has 1 aliphatic rings. The lowest BCUT2D eigenvalue weighted by atomic mass is 10.2. The molecule has 162 valence electrons. The molecule has 0 bridgehead atoms. The van der Waals surface area contributed by atoms with Crippen LogP contribution in [0.25, 0.3) is 0 Å². The summed E-state index contributed by atoms with van der Waals surface area (Å²) in [5.74, 6) is -0.00626. The lowest BCUT2D eigenvalue weighted by Gasteiger charge is -2.26. The second-order valence-electron chi connectivity index (χ2n) is 6.94. The molecule has 0 saturated carbocycles. The third-order valence-corrected chi connectivity index (χ3v) is 6.79. The highest BCUT2D eigenvalue weighted by atomic mass is 35.5. The molecule has 1 saturated heterocycles. The number of sulfonamides is 1. The number of ether oxygens (including phenoxy) is 3. The van der Waals surface area contributed by atoms with Crippen LogP contribution in [0.15, 0.2) is 47.4 Å². The Morgan fingerprint density at radius 2 is 1.93 bits per heavy atom. The number of esters is 1. The fourth-order valence-corrected chi connectivity index (χ4v) is 4.69. The summed E-state index contributed by atoms with van der Waals surface area (Å²) in [5, 5.41) is 0.585. The van der Waals surface area contributed by atoms with E-state index in [-0.39, 0.29) is 11.5 Å². The van der Waals surface area contributed by atoms with Crippen molar-refractivity contribution in [2.24, 2.45) is 0 Å². The molecule has 1 atom stereocenters. The molecule has 0 unspecified atom stereocenters. The summed E-state index contributed by atoms with van der Waals surface area (Å²) in [6, 6.07) is 11.5. The van der Waals surface area contributed by atoms with Gasteiger partial charge in [0.15, 0.2) is 6.10 Å². The summed E-state index contributed by atoms with van der Waals surface area (Å²) in [4.78, 5) is 12.5. The van der Waals surface area contributed by atoms with Gasteiger partial charge in [0.1, 0.15) is 12.4 Å². The number of carbonyl (C=O) groups is 1. The maximum Gasteiger partial charge on any atom is 0.347 e. The zero-order valence-corrected chi connectivity index (χ0v) is 18.4. The number of halogens is 1. The number of carbonyl (C=O) groups excluding carboxylic acids is 1. The highest BCUT2D eigenvalue weighted by molar-refractivity contribution is 7.89. The molecule has 1 aliphatic heterocycles. The van der Waals surface area contributed by atoms with Gasteiger partial charge in [-0.2, -0.15) is 4.31 Å². The van der Waals surface area contributed by atoms with Gasteiger partial charge < -0.3 is 14.2 Å². The summed E-state index contributed by atoms with van der Waals surface area (Å²) >= 11 is 5.93. The Morgan fingerprint density at radius 3 is 2.63 bits per heavy atom. The Balaban J connectivity index is 1.61. The van der Waals surface area contributed by atoms with Gasteiger partial charge in [-0.3, -0.25) is 0 Å². The molecule has 3 rings (SSSR count). The van der Waals surface area contributed by atoms with Crippen LogP contribution in [0.3, 0.4) is 0 Å².